The van der Waals surface area contributed by atoms with Gasteiger partial charge in [-0.3, -0.25) is 14.4 Å². The summed E-state index contributed by atoms with van der Waals surface area (Å²) in [5.74, 6) is -0.890. The molecule has 0 N–H and O–H groups in total. The average Bonchev–Trinajstić information content (AvgIpc) is 3.49. The lowest BCUT2D eigenvalue weighted by molar-refractivity contribution is -0.167. The molecule has 0 aromatic heterocycles. The molecular weight excluding hydrogens is 1020 g/mol. The highest BCUT2D eigenvalue weighted by molar-refractivity contribution is 5.71. The molecule has 0 aliphatic rings. The van der Waals surface area contributed by atoms with Gasteiger partial charge in [-0.2, -0.15) is 0 Å². The molecule has 6 heteroatoms. The molecule has 0 aromatic carbocycles. The molecular formula is C77H130O6. The smallest absolute Gasteiger partial charge is 0.306 e. The van der Waals surface area contributed by atoms with E-state index in [9.17, 15) is 14.4 Å². The number of esters is 3. The first-order valence-electron chi connectivity index (χ1n) is 35.0. The van der Waals surface area contributed by atoms with Crippen molar-refractivity contribution in [2.24, 2.45) is 0 Å². The first kappa shape index (κ1) is 78.8. The minimum atomic E-state index is -0.791. The molecule has 474 valence electrons. The zero-order valence-corrected chi connectivity index (χ0v) is 54.4. The van der Waals surface area contributed by atoms with E-state index in [1.807, 2.05) is 0 Å². The minimum absolute atomic E-state index is 0.0835. The Morgan fingerprint density at radius 1 is 0.253 bits per heavy atom. The number of hydrogen-bond donors (Lipinski definition) is 0. The highest BCUT2D eigenvalue weighted by atomic mass is 16.6. The zero-order chi connectivity index (χ0) is 59.9. The van der Waals surface area contributed by atoms with Crippen LogP contribution >= 0.6 is 0 Å². The number of hydrogen-bond acceptors (Lipinski definition) is 6. The first-order valence-corrected chi connectivity index (χ1v) is 35.0. The molecule has 0 aliphatic carbocycles. The van der Waals surface area contributed by atoms with Crippen LogP contribution in [-0.2, 0) is 28.6 Å². The topological polar surface area (TPSA) is 78.9 Å². The summed E-state index contributed by atoms with van der Waals surface area (Å²) in [5.41, 5.74) is 0. The van der Waals surface area contributed by atoms with Gasteiger partial charge in [-0.15, -0.1) is 0 Å². The van der Waals surface area contributed by atoms with E-state index in [0.717, 1.165) is 135 Å². The maximum Gasteiger partial charge on any atom is 0.306 e. The summed E-state index contributed by atoms with van der Waals surface area (Å²) in [6.07, 6.45) is 97.8. The third-order valence-corrected chi connectivity index (χ3v) is 15.0. The van der Waals surface area contributed by atoms with E-state index in [2.05, 4.69) is 142 Å². The second-order valence-electron chi connectivity index (χ2n) is 23.0. The molecule has 0 heterocycles. The van der Waals surface area contributed by atoms with Crippen LogP contribution in [0.1, 0.15) is 329 Å². The SMILES string of the molecule is CC/C=C\C/C=C\C/C=C\C/C=C\C/C=C\C/C=C\CCCCCCCCC(=O)OCC(COC(=O)CCCCCCCCCCCCCCCCCCC)OC(=O)CCCCCCCCCCCC/C=C\C/C=C\C/C=C\C/C=C\CC. The van der Waals surface area contributed by atoms with Crippen molar-refractivity contribution in [2.45, 2.75) is 335 Å². The third kappa shape index (κ3) is 68.5. The quantitative estimate of drug-likeness (QED) is 0.0261. The third-order valence-electron chi connectivity index (χ3n) is 15.0. The molecule has 0 aromatic rings. The summed E-state index contributed by atoms with van der Waals surface area (Å²) in [6, 6.07) is 0. The fourth-order valence-electron chi connectivity index (χ4n) is 9.79. The van der Waals surface area contributed by atoms with Crippen molar-refractivity contribution in [3.8, 4) is 0 Å². The van der Waals surface area contributed by atoms with E-state index in [1.54, 1.807) is 0 Å². The van der Waals surface area contributed by atoms with Crippen LogP contribution in [0, 0.1) is 0 Å². The fourth-order valence-corrected chi connectivity index (χ4v) is 9.79. The van der Waals surface area contributed by atoms with Crippen LogP contribution in [0.4, 0.5) is 0 Å². The van der Waals surface area contributed by atoms with Gasteiger partial charge in [0, 0.05) is 19.3 Å². The van der Waals surface area contributed by atoms with Gasteiger partial charge in [0.2, 0.25) is 0 Å². The average molecular weight is 1150 g/mol. The molecule has 0 rings (SSSR count). The maximum atomic E-state index is 13.0. The molecule has 0 amide bonds. The van der Waals surface area contributed by atoms with E-state index in [0.29, 0.717) is 19.3 Å². The van der Waals surface area contributed by atoms with Crippen LogP contribution in [0.2, 0.25) is 0 Å². The first-order chi connectivity index (χ1) is 41.0. The Kier molecular flexibility index (Phi) is 66.7. The Labute approximate surface area is 513 Å². The second-order valence-corrected chi connectivity index (χ2v) is 23.0. The van der Waals surface area contributed by atoms with Gasteiger partial charge in [0.15, 0.2) is 6.10 Å². The van der Waals surface area contributed by atoms with E-state index >= 15 is 0 Å². The summed E-state index contributed by atoms with van der Waals surface area (Å²) >= 11 is 0. The lowest BCUT2D eigenvalue weighted by atomic mass is 10.0. The summed E-state index contributed by atoms with van der Waals surface area (Å²) in [6.45, 7) is 6.44. The van der Waals surface area contributed by atoms with Crippen molar-refractivity contribution in [1.82, 2.24) is 0 Å². The Morgan fingerprint density at radius 2 is 0.470 bits per heavy atom. The van der Waals surface area contributed by atoms with Crippen LogP contribution in [0.25, 0.3) is 0 Å². The second kappa shape index (κ2) is 70.3. The van der Waals surface area contributed by atoms with Gasteiger partial charge in [-0.25, -0.2) is 0 Å². The van der Waals surface area contributed by atoms with Crippen molar-refractivity contribution in [1.29, 1.82) is 0 Å². The van der Waals surface area contributed by atoms with Crippen molar-refractivity contribution >= 4 is 17.9 Å². The van der Waals surface area contributed by atoms with Crippen LogP contribution < -0.4 is 0 Å². The van der Waals surface area contributed by atoms with Gasteiger partial charge < -0.3 is 14.2 Å². The van der Waals surface area contributed by atoms with Crippen molar-refractivity contribution < 1.29 is 28.6 Å². The van der Waals surface area contributed by atoms with Crippen LogP contribution in [0.3, 0.4) is 0 Å². The number of rotatable bonds is 63. The molecule has 0 saturated heterocycles. The molecule has 6 nitrogen and oxygen atoms in total. The predicted molar refractivity (Wildman–Crippen MR) is 362 cm³/mol. The number of unbranched alkanes of at least 4 members (excludes halogenated alkanes) is 32. The largest absolute Gasteiger partial charge is 0.462 e. The molecule has 0 spiro atoms. The van der Waals surface area contributed by atoms with Crippen molar-refractivity contribution in [3.05, 3.63) is 122 Å². The predicted octanol–water partition coefficient (Wildman–Crippen LogP) is 24.3. The summed E-state index contributed by atoms with van der Waals surface area (Å²) < 4.78 is 17.0. The van der Waals surface area contributed by atoms with Gasteiger partial charge in [-0.05, 0) is 109 Å². The molecule has 0 fully saturated rings. The number of allylic oxidation sites excluding steroid dienone is 20. The molecule has 1 atom stereocenters. The Balaban J connectivity index is 4.41. The highest BCUT2D eigenvalue weighted by Gasteiger charge is 2.19. The number of carbonyl (C=O) groups is 3. The van der Waals surface area contributed by atoms with Crippen molar-refractivity contribution in [3.63, 3.8) is 0 Å². The summed E-state index contributed by atoms with van der Waals surface area (Å²) in [7, 11) is 0. The Morgan fingerprint density at radius 3 is 0.735 bits per heavy atom. The van der Waals surface area contributed by atoms with Crippen molar-refractivity contribution in [2.75, 3.05) is 13.2 Å². The van der Waals surface area contributed by atoms with Gasteiger partial charge >= 0.3 is 17.9 Å². The molecule has 0 bridgehead atoms. The normalized spacial score (nSPS) is 12.9. The van der Waals surface area contributed by atoms with Gasteiger partial charge in [0.1, 0.15) is 13.2 Å². The Bertz CT molecular complexity index is 1700. The molecule has 0 saturated carbocycles. The van der Waals surface area contributed by atoms with Gasteiger partial charge in [0.25, 0.3) is 0 Å². The van der Waals surface area contributed by atoms with E-state index in [1.165, 1.54) is 154 Å². The summed E-state index contributed by atoms with van der Waals surface area (Å²) in [4.78, 5) is 38.5. The Hall–Kier alpha value is -4.19. The standard InChI is InChI=1S/C77H130O6/c1-4-7-10-13-16-19-22-25-28-31-33-35-37-38-40-41-43-46-49-52-55-58-61-64-67-70-76(79)82-73-74(72-81-75(78)69-66-63-60-57-54-51-48-45-30-27-24-21-18-15-12-9-6-3)83-77(80)71-68-65-62-59-56-53-50-47-44-42-39-36-34-32-29-26-23-20-17-14-11-8-5-2/h7-8,10-11,16-17,19-20,25-26,28-29,33-36,38,40,43,46,74H,4-6,9,12-15,18,21-24,27,30-32,37,39,41-42,44-45,47-73H2,1-3H3/b10-7-,11-8-,19-16-,20-17-,28-25-,29-26-,35-33-,36-34-,40-38-,46-43-. The van der Waals surface area contributed by atoms with Gasteiger partial charge in [0.05, 0.1) is 0 Å². The van der Waals surface area contributed by atoms with Crippen LogP contribution in [-0.4, -0.2) is 37.2 Å². The molecule has 83 heavy (non-hydrogen) atoms. The lowest BCUT2D eigenvalue weighted by Crippen LogP contribution is -2.30. The monoisotopic (exact) mass is 1150 g/mol. The van der Waals surface area contributed by atoms with Crippen LogP contribution in [0.15, 0.2) is 122 Å². The van der Waals surface area contributed by atoms with E-state index in [-0.39, 0.29) is 31.1 Å². The minimum Gasteiger partial charge on any atom is -0.462 e. The molecule has 0 radical (unpaired) electrons. The number of ether oxygens (including phenoxy) is 3. The molecule has 1 unspecified atom stereocenters. The zero-order valence-electron chi connectivity index (χ0n) is 54.4. The van der Waals surface area contributed by atoms with Crippen LogP contribution in [0.5, 0.6) is 0 Å². The van der Waals surface area contributed by atoms with E-state index in [4.69, 9.17) is 14.2 Å². The van der Waals surface area contributed by atoms with E-state index < -0.39 is 6.10 Å². The summed E-state index contributed by atoms with van der Waals surface area (Å²) in [5, 5.41) is 0. The van der Waals surface area contributed by atoms with Gasteiger partial charge in [-0.1, -0.05) is 322 Å². The maximum absolute atomic E-state index is 13.0. The highest BCUT2D eigenvalue weighted by Crippen LogP contribution is 2.17. The number of carbonyl (C=O) groups excluding carboxylic acids is 3. The molecule has 0 aliphatic heterocycles. The lowest BCUT2D eigenvalue weighted by Gasteiger charge is -2.18. The fraction of sp³-hybridized carbons (Fsp3) is 0.701.